The molecule has 1 aromatic carbocycles. The molecule has 8 nitrogen and oxygen atoms in total. The number of benzene rings is 1. The number of aryl methyl sites for hydroxylation is 2. The minimum atomic E-state index is -0.161. The highest BCUT2D eigenvalue weighted by atomic mass is 16.2. The van der Waals surface area contributed by atoms with Crippen molar-refractivity contribution < 1.29 is 4.79 Å². The number of likely N-dealkylation sites (tertiary alicyclic amines) is 1. The van der Waals surface area contributed by atoms with Crippen molar-refractivity contribution >= 4 is 6.03 Å². The molecule has 0 bridgehead atoms. The second-order valence-corrected chi connectivity index (χ2v) is 8.19. The molecule has 0 saturated carbocycles. The van der Waals surface area contributed by atoms with Gasteiger partial charge >= 0.3 is 11.7 Å². The minimum absolute atomic E-state index is 0.0227. The molecule has 162 valence electrons. The molecule has 8 heteroatoms. The lowest BCUT2D eigenvalue weighted by Gasteiger charge is -2.28. The Balaban J connectivity index is 1.22. The summed E-state index contributed by atoms with van der Waals surface area (Å²) in [5.74, 6) is 0.894. The summed E-state index contributed by atoms with van der Waals surface area (Å²) < 4.78 is 3.32. The van der Waals surface area contributed by atoms with Crippen LogP contribution in [0, 0.1) is 0 Å². The SMILES string of the molecule is O=C(NCCCn1nc2n(c1=O)CCCC2)NCC(c1ccccc1)N1CCCC1. The van der Waals surface area contributed by atoms with E-state index in [4.69, 9.17) is 0 Å². The number of hydrogen-bond acceptors (Lipinski definition) is 4. The van der Waals surface area contributed by atoms with E-state index in [1.165, 1.54) is 18.4 Å². The molecule has 1 aromatic heterocycles. The number of carbonyl (C=O) groups excluding carboxylic acids is 1. The second-order valence-electron chi connectivity index (χ2n) is 8.19. The molecule has 2 aliphatic rings. The van der Waals surface area contributed by atoms with Crippen molar-refractivity contribution in [1.29, 1.82) is 0 Å². The lowest BCUT2D eigenvalue weighted by molar-refractivity contribution is 0.220. The van der Waals surface area contributed by atoms with Crippen molar-refractivity contribution in [1.82, 2.24) is 29.9 Å². The van der Waals surface area contributed by atoms with Gasteiger partial charge in [0, 0.05) is 32.6 Å². The first-order valence-electron chi connectivity index (χ1n) is 11.2. The number of aromatic nitrogens is 3. The first-order chi connectivity index (χ1) is 14.7. The van der Waals surface area contributed by atoms with Gasteiger partial charge < -0.3 is 10.6 Å². The molecule has 1 fully saturated rings. The molecule has 2 aromatic rings. The number of fused-ring (bicyclic) bond motifs is 1. The quantitative estimate of drug-likeness (QED) is 0.649. The summed E-state index contributed by atoms with van der Waals surface area (Å²) >= 11 is 0. The molecule has 0 radical (unpaired) electrons. The van der Waals surface area contributed by atoms with Crippen LogP contribution < -0.4 is 16.3 Å². The van der Waals surface area contributed by atoms with E-state index in [9.17, 15) is 9.59 Å². The molecular weight excluding hydrogens is 380 g/mol. The van der Waals surface area contributed by atoms with Crippen LogP contribution >= 0.6 is 0 Å². The first-order valence-corrected chi connectivity index (χ1v) is 11.2. The van der Waals surface area contributed by atoms with Gasteiger partial charge in [0.15, 0.2) is 0 Å². The van der Waals surface area contributed by atoms with Gasteiger partial charge in [0.1, 0.15) is 5.82 Å². The lowest BCUT2D eigenvalue weighted by Crippen LogP contribution is -2.42. The number of nitrogens with one attached hydrogen (secondary N) is 2. The van der Waals surface area contributed by atoms with Crippen molar-refractivity contribution in [2.45, 2.75) is 57.7 Å². The highest BCUT2D eigenvalue weighted by Gasteiger charge is 2.23. The number of nitrogens with zero attached hydrogens (tertiary/aromatic N) is 4. The van der Waals surface area contributed by atoms with Crippen molar-refractivity contribution in [3.63, 3.8) is 0 Å². The topological polar surface area (TPSA) is 84.2 Å². The van der Waals surface area contributed by atoms with Gasteiger partial charge in [-0.15, -0.1) is 0 Å². The van der Waals surface area contributed by atoms with Gasteiger partial charge in [0.25, 0.3) is 0 Å². The Kier molecular flexibility index (Phi) is 6.84. The fourth-order valence-electron chi connectivity index (χ4n) is 4.46. The molecule has 1 atom stereocenters. The third-order valence-corrected chi connectivity index (χ3v) is 6.09. The van der Waals surface area contributed by atoms with E-state index in [1.807, 2.05) is 18.2 Å². The molecular formula is C22H32N6O2. The van der Waals surface area contributed by atoms with Crippen LogP contribution in [-0.2, 0) is 19.5 Å². The molecule has 3 heterocycles. The summed E-state index contributed by atoms with van der Waals surface area (Å²) in [7, 11) is 0. The normalized spacial score (nSPS) is 17.5. The predicted octanol–water partition coefficient (Wildman–Crippen LogP) is 1.91. The number of rotatable bonds is 8. The minimum Gasteiger partial charge on any atom is -0.338 e. The Morgan fingerprint density at radius 1 is 1.03 bits per heavy atom. The van der Waals surface area contributed by atoms with E-state index in [-0.39, 0.29) is 17.8 Å². The summed E-state index contributed by atoms with van der Waals surface area (Å²) in [4.78, 5) is 27.1. The maximum atomic E-state index is 12.3. The molecule has 1 saturated heterocycles. The Bertz CT molecular complexity index is 885. The van der Waals surface area contributed by atoms with E-state index in [0.717, 1.165) is 44.7 Å². The van der Waals surface area contributed by atoms with Gasteiger partial charge in [-0.2, -0.15) is 5.10 Å². The van der Waals surface area contributed by atoms with Gasteiger partial charge in [-0.25, -0.2) is 14.3 Å². The van der Waals surface area contributed by atoms with Crippen molar-refractivity contribution in [2.24, 2.45) is 0 Å². The Hall–Kier alpha value is -2.61. The van der Waals surface area contributed by atoms with Gasteiger partial charge in [0.2, 0.25) is 0 Å². The molecule has 0 spiro atoms. The van der Waals surface area contributed by atoms with Crippen LogP contribution in [0.3, 0.4) is 0 Å². The number of hydrogen-bond donors (Lipinski definition) is 2. The second kappa shape index (κ2) is 9.93. The van der Waals surface area contributed by atoms with Crippen molar-refractivity contribution in [2.75, 3.05) is 26.2 Å². The van der Waals surface area contributed by atoms with Gasteiger partial charge in [-0.05, 0) is 50.8 Å². The van der Waals surface area contributed by atoms with Crippen LogP contribution in [0.25, 0.3) is 0 Å². The monoisotopic (exact) mass is 412 g/mol. The zero-order valence-electron chi connectivity index (χ0n) is 17.6. The van der Waals surface area contributed by atoms with E-state index in [1.54, 1.807) is 9.25 Å². The van der Waals surface area contributed by atoms with E-state index >= 15 is 0 Å². The largest absolute Gasteiger partial charge is 0.345 e. The summed E-state index contributed by atoms with van der Waals surface area (Å²) in [5.41, 5.74) is 1.22. The molecule has 2 aliphatic heterocycles. The smallest absolute Gasteiger partial charge is 0.338 e. The van der Waals surface area contributed by atoms with Crippen LogP contribution in [0.1, 0.15) is 49.5 Å². The van der Waals surface area contributed by atoms with Gasteiger partial charge in [-0.3, -0.25) is 9.47 Å². The van der Waals surface area contributed by atoms with E-state index in [0.29, 0.717) is 26.1 Å². The molecule has 1 unspecified atom stereocenters. The molecule has 0 aliphatic carbocycles. The Labute approximate surface area is 177 Å². The number of urea groups is 1. The van der Waals surface area contributed by atoms with E-state index in [2.05, 4.69) is 32.8 Å². The Morgan fingerprint density at radius 2 is 1.80 bits per heavy atom. The highest BCUT2D eigenvalue weighted by Crippen LogP contribution is 2.24. The maximum Gasteiger partial charge on any atom is 0.345 e. The van der Waals surface area contributed by atoms with Crippen LogP contribution in [0.15, 0.2) is 35.1 Å². The van der Waals surface area contributed by atoms with Gasteiger partial charge in [0.05, 0.1) is 6.04 Å². The first kappa shape index (κ1) is 20.7. The third kappa shape index (κ3) is 4.92. The Morgan fingerprint density at radius 3 is 2.57 bits per heavy atom. The summed E-state index contributed by atoms with van der Waals surface area (Å²) in [6.07, 6.45) is 6.13. The average Bonchev–Trinajstić information content (AvgIpc) is 3.41. The zero-order chi connectivity index (χ0) is 20.8. The maximum absolute atomic E-state index is 12.3. The number of carbonyl (C=O) groups is 1. The van der Waals surface area contributed by atoms with Crippen LogP contribution in [0.4, 0.5) is 4.79 Å². The fourth-order valence-corrected chi connectivity index (χ4v) is 4.46. The van der Waals surface area contributed by atoms with Crippen LogP contribution in [-0.4, -0.2) is 51.5 Å². The summed E-state index contributed by atoms with van der Waals surface area (Å²) in [5, 5.41) is 10.4. The molecule has 2 N–H and O–H groups in total. The number of amides is 2. The predicted molar refractivity (Wildman–Crippen MR) is 115 cm³/mol. The molecule has 4 rings (SSSR count). The lowest BCUT2D eigenvalue weighted by atomic mass is 10.1. The molecule has 30 heavy (non-hydrogen) atoms. The fraction of sp³-hybridized carbons (Fsp3) is 0.591. The van der Waals surface area contributed by atoms with Crippen LogP contribution in [0.5, 0.6) is 0 Å². The van der Waals surface area contributed by atoms with Crippen molar-refractivity contribution in [3.05, 3.63) is 52.2 Å². The molecule has 2 amide bonds. The van der Waals surface area contributed by atoms with E-state index < -0.39 is 0 Å². The van der Waals surface area contributed by atoms with Crippen LogP contribution in [0.2, 0.25) is 0 Å². The zero-order valence-corrected chi connectivity index (χ0v) is 17.6. The summed E-state index contributed by atoms with van der Waals surface area (Å²) in [6, 6.07) is 10.4. The summed E-state index contributed by atoms with van der Waals surface area (Å²) in [6.45, 7) is 4.55. The average molecular weight is 413 g/mol. The highest BCUT2D eigenvalue weighted by molar-refractivity contribution is 5.73. The standard InChI is InChI=1S/C22H32N6O2/c29-21(23-12-8-16-28-22(30)27-15-5-4-11-20(27)25-28)24-17-19(26-13-6-7-14-26)18-9-2-1-3-10-18/h1-3,9-10,19H,4-8,11-17H2,(H2,23,24,29). The van der Waals surface area contributed by atoms with Gasteiger partial charge in [-0.1, -0.05) is 30.3 Å². The van der Waals surface area contributed by atoms with Crippen molar-refractivity contribution in [3.8, 4) is 0 Å². The third-order valence-electron chi connectivity index (χ3n) is 6.09.